The summed E-state index contributed by atoms with van der Waals surface area (Å²) in [7, 11) is 0. The first-order valence-electron chi connectivity index (χ1n) is 6.69. The van der Waals surface area contributed by atoms with Crippen LogP contribution in [0.2, 0.25) is 0 Å². The van der Waals surface area contributed by atoms with Crippen LogP contribution >= 0.6 is 0 Å². The Hall–Kier alpha value is -1.77. The first-order valence-corrected chi connectivity index (χ1v) is 6.69. The minimum absolute atomic E-state index is 0.0376. The zero-order chi connectivity index (χ0) is 13.4. The molecule has 2 nitrogen and oxygen atoms in total. The Kier molecular flexibility index (Phi) is 1.88. The Morgan fingerprint density at radius 2 is 2.00 bits per heavy atom. The molecule has 1 saturated carbocycles. The Bertz CT molecular complexity index is 722. The van der Waals surface area contributed by atoms with E-state index < -0.39 is 5.82 Å². The molecule has 2 aliphatic carbocycles. The van der Waals surface area contributed by atoms with E-state index in [1.54, 1.807) is 6.07 Å². The second kappa shape index (κ2) is 3.21. The Balaban J connectivity index is 2.18. The van der Waals surface area contributed by atoms with Crippen molar-refractivity contribution in [1.82, 2.24) is 0 Å². The maximum Gasteiger partial charge on any atom is 0.127 e. The summed E-state index contributed by atoms with van der Waals surface area (Å²) >= 11 is 0. The monoisotopic (exact) mass is 258 g/mol. The lowest BCUT2D eigenvalue weighted by Crippen LogP contribution is -2.16. The molecule has 0 aliphatic heterocycles. The molecule has 2 bridgehead atoms. The van der Waals surface area contributed by atoms with Gasteiger partial charge in [0.25, 0.3) is 0 Å². The van der Waals surface area contributed by atoms with E-state index in [1.165, 1.54) is 12.1 Å². The number of halogens is 1. The third-order valence-corrected chi connectivity index (χ3v) is 5.01. The number of rotatable bonds is 0. The second-order valence-corrected chi connectivity index (χ2v) is 6.18. The van der Waals surface area contributed by atoms with Gasteiger partial charge in [-0.05, 0) is 48.8 Å². The average molecular weight is 258 g/mol. The number of benzene rings is 2. The molecule has 2 atom stereocenters. The Labute approximate surface area is 110 Å². The van der Waals surface area contributed by atoms with Crippen molar-refractivity contribution < 1.29 is 14.6 Å². The zero-order valence-corrected chi connectivity index (χ0v) is 10.7. The number of hydrogen-bond donors (Lipinski definition) is 2. The number of fused-ring (bicyclic) bond motifs is 6. The molecule has 0 saturated heterocycles. The summed E-state index contributed by atoms with van der Waals surface area (Å²) in [5, 5.41) is 22.0. The fraction of sp³-hybridized carbons (Fsp3) is 0.375. The van der Waals surface area contributed by atoms with Crippen LogP contribution in [-0.4, -0.2) is 10.2 Å². The van der Waals surface area contributed by atoms with E-state index in [0.717, 1.165) is 30.4 Å². The van der Waals surface area contributed by atoms with Gasteiger partial charge in [-0.25, -0.2) is 4.39 Å². The van der Waals surface area contributed by atoms with Crippen LogP contribution in [0.15, 0.2) is 18.2 Å². The van der Waals surface area contributed by atoms with Crippen LogP contribution < -0.4 is 0 Å². The minimum atomic E-state index is -0.392. The summed E-state index contributed by atoms with van der Waals surface area (Å²) in [4.78, 5) is 0. The van der Waals surface area contributed by atoms with Gasteiger partial charge in [0.15, 0.2) is 0 Å². The van der Waals surface area contributed by atoms with Crippen LogP contribution in [0.3, 0.4) is 0 Å². The molecule has 0 heterocycles. The summed E-state index contributed by atoms with van der Waals surface area (Å²) in [6.07, 6.45) is 3.06. The van der Waals surface area contributed by atoms with Gasteiger partial charge in [0.1, 0.15) is 17.3 Å². The molecule has 0 amide bonds. The highest BCUT2D eigenvalue weighted by Gasteiger charge is 2.49. The Morgan fingerprint density at radius 1 is 1.21 bits per heavy atom. The molecule has 2 unspecified atom stereocenters. The van der Waals surface area contributed by atoms with E-state index >= 15 is 0 Å². The lowest BCUT2D eigenvalue weighted by Gasteiger charge is -2.26. The fourth-order valence-corrected chi connectivity index (χ4v) is 4.17. The number of phenols is 2. The van der Waals surface area contributed by atoms with Crippen LogP contribution in [0.4, 0.5) is 4.39 Å². The minimum Gasteiger partial charge on any atom is -0.507 e. The number of aromatic hydroxyl groups is 2. The van der Waals surface area contributed by atoms with Gasteiger partial charge < -0.3 is 10.2 Å². The molecule has 2 aliphatic rings. The molecule has 4 rings (SSSR count). The predicted octanol–water partition coefficient (Wildman–Crippen LogP) is 3.93. The standard InChI is InChI=1S/C16H15FO2/c1-16-5-4-8(7-16)12-13(16)15(19)10-3-2-9(17)6-11(10)14(12)18/h2-3,6,8,18-19H,4-5,7H2,1H3. The highest BCUT2D eigenvalue weighted by atomic mass is 19.1. The van der Waals surface area contributed by atoms with E-state index in [4.69, 9.17) is 0 Å². The van der Waals surface area contributed by atoms with E-state index in [1.807, 2.05) is 0 Å². The summed E-state index contributed by atoms with van der Waals surface area (Å²) < 4.78 is 13.4. The molecule has 1 fully saturated rings. The fourth-order valence-electron chi connectivity index (χ4n) is 4.17. The van der Waals surface area contributed by atoms with E-state index in [0.29, 0.717) is 16.7 Å². The SMILES string of the molecule is CC12CCC(C1)c1c2c(O)c2ccc(F)cc2c1O. The zero-order valence-electron chi connectivity index (χ0n) is 10.7. The van der Waals surface area contributed by atoms with Crippen molar-refractivity contribution in [3.63, 3.8) is 0 Å². The van der Waals surface area contributed by atoms with Crippen molar-refractivity contribution in [2.75, 3.05) is 0 Å². The molecular formula is C16H15FO2. The van der Waals surface area contributed by atoms with Crippen LogP contribution in [-0.2, 0) is 5.41 Å². The Morgan fingerprint density at radius 3 is 2.79 bits per heavy atom. The van der Waals surface area contributed by atoms with Gasteiger partial charge in [0.2, 0.25) is 0 Å². The second-order valence-electron chi connectivity index (χ2n) is 6.18. The van der Waals surface area contributed by atoms with Crippen molar-refractivity contribution in [3.8, 4) is 11.5 Å². The summed E-state index contributed by atoms with van der Waals surface area (Å²) in [5.74, 6) is 0.304. The largest absolute Gasteiger partial charge is 0.507 e. The van der Waals surface area contributed by atoms with Gasteiger partial charge in [0, 0.05) is 21.9 Å². The first-order chi connectivity index (χ1) is 9.01. The van der Waals surface area contributed by atoms with Crippen molar-refractivity contribution in [2.45, 2.75) is 37.5 Å². The molecule has 3 heteroatoms. The molecule has 0 radical (unpaired) electrons. The van der Waals surface area contributed by atoms with Gasteiger partial charge >= 0.3 is 0 Å². The number of hydrogen-bond acceptors (Lipinski definition) is 2. The van der Waals surface area contributed by atoms with E-state index in [9.17, 15) is 14.6 Å². The topological polar surface area (TPSA) is 40.5 Å². The van der Waals surface area contributed by atoms with Crippen molar-refractivity contribution in [1.29, 1.82) is 0 Å². The highest BCUT2D eigenvalue weighted by molar-refractivity contribution is 5.96. The molecule has 0 aromatic heterocycles. The summed E-state index contributed by atoms with van der Waals surface area (Å²) in [5.41, 5.74) is 1.70. The van der Waals surface area contributed by atoms with Gasteiger partial charge in [-0.3, -0.25) is 0 Å². The van der Waals surface area contributed by atoms with Gasteiger partial charge in [-0.1, -0.05) is 6.92 Å². The summed E-state index contributed by atoms with van der Waals surface area (Å²) in [6, 6.07) is 4.18. The van der Waals surface area contributed by atoms with Crippen LogP contribution in [0.25, 0.3) is 10.8 Å². The smallest absolute Gasteiger partial charge is 0.127 e. The van der Waals surface area contributed by atoms with Gasteiger partial charge in [-0.2, -0.15) is 0 Å². The van der Waals surface area contributed by atoms with Crippen molar-refractivity contribution in [2.24, 2.45) is 0 Å². The molecule has 19 heavy (non-hydrogen) atoms. The van der Waals surface area contributed by atoms with E-state index in [-0.39, 0.29) is 16.9 Å². The van der Waals surface area contributed by atoms with Crippen LogP contribution in [0.5, 0.6) is 11.5 Å². The lowest BCUT2D eigenvalue weighted by atomic mass is 9.79. The molecule has 2 N–H and O–H groups in total. The molecule has 2 aromatic rings. The third-order valence-electron chi connectivity index (χ3n) is 5.01. The van der Waals surface area contributed by atoms with Crippen LogP contribution in [0, 0.1) is 5.82 Å². The van der Waals surface area contributed by atoms with Gasteiger partial charge in [-0.15, -0.1) is 0 Å². The summed E-state index contributed by atoms with van der Waals surface area (Å²) in [6.45, 7) is 2.15. The highest BCUT2D eigenvalue weighted by Crippen LogP contribution is 2.63. The molecule has 98 valence electrons. The number of phenolic OH excluding ortho intramolecular Hbond substituents is 2. The molecule has 0 spiro atoms. The normalized spacial score (nSPS) is 28.0. The van der Waals surface area contributed by atoms with Gasteiger partial charge in [0.05, 0.1) is 0 Å². The molecular weight excluding hydrogens is 243 g/mol. The first kappa shape index (κ1) is 11.1. The van der Waals surface area contributed by atoms with E-state index in [2.05, 4.69) is 6.92 Å². The predicted molar refractivity (Wildman–Crippen MR) is 71.2 cm³/mol. The van der Waals surface area contributed by atoms with Crippen molar-refractivity contribution in [3.05, 3.63) is 35.1 Å². The lowest BCUT2D eigenvalue weighted by molar-refractivity contribution is 0.427. The maximum atomic E-state index is 13.4. The maximum absolute atomic E-state index is 13.4. The van der Waals surface area contributed by atoms with Crippen molar-refractivity contribution >= 4 is 10.8 Å². The average Bonchev–Trinajstić information content (AvgIpc) is 2.89. The third kappa shape index (κ3) is 1.20. The van der Waals surface area contributed by atoms with Crippen LogP contribution in [0.1, 0.15) is 43.2 Å². The quantitative estimate of drug-likeness (QED) is 0.703. The molecule has 2 aromatic carbocycles.